The number of carbonyl (C=O) groups is 1. The van der Waals surface area contributed by atoms with Gasteiger partial charge in [0.05, 0.1) is 5.54 Å². The van der Waals surface area contributed by atoms with E-state index in [0.29, 0.717) is 19.6 Å². The molecule has 0 aliphatic heterocycles. The molecule has 1 amide bonds. The Hall–Kier alpha value is -0.610. The van der Waals surface area contributed by atoms with E-state index >= 15 is 0 Å². The molecule has 0 saturated carbocycles. The summed E-state index contributed by atoms with van der Waals surface area (Å²) in [5, 5.41) is 2.92. The molecule has 0 fully saturated rings. The number of rotatable bonds is 7. The summed E-state index contributed by atoms with van der Waals surface area (Å²) in [6, 6.07) is 0. The molecule has 0 aliphatic rings. The van der Waals surface area contributed by atoms with Gasteiger partial charge in [0.1, 0.15) is 0 Å². The van der Waals surface area contributed by atoms with Crippen LogP contribution in [-0.2, 0) is 9.53 Å². The van der Waals surface area contributed by atoms with E-state index in [9.17, 15) is 4.79 Å². The van der Waals surface area contributed by atoms with Gasteiger partial charge in [0.2, 0.25) is 5.91 Å². The summed E-state index contributed by atoms with van der Waals surface area (Å²) in [7, 11) is 1.74. The molecule has 0 aliphatic carbocycles. The Balaban J connectivity index is 3.78. The van der Waals surface area contributed by atoms with Gasteiger partial charge in [-0.05, 0) is 33.7 Å². The van der Waals surface area contributed by atoms with Crippen molar-refractivity contribution in [3.8, 4) is 0 Å². The van der Waals surface area contributed by atoms with Crippen LogP contribution in [0.1, 0.15) is 26.7 Å². The van der Waals surface area contributed by atoms with Gasteiger partial charge < -0.3 is 15.8 Å². The third-order valence-electron chi connectivity index (χ3n) is 2.27. The van der Waals surface area contributed by atoms with Crippen LogP contribution in [0.15, 0.2) is 0 Å². The third kappa shape index (κ3) is 4.24. The van der Waals surface area contributed by atoms with Gasteiger partial charge in [0, 0.05) is 13.2 Å². The lowest BCUT2D eigenvalue weighted by Gasteiger charge is -2.25. The molecule has 1 unspecified atom stereocenters. The molecule has 0 saturated heterocycles. The molecule has 4 heteroatoms. The summed E-state index contributed by atoms with van der Waals surface area (Å²) in [5.41, 5.74) is 4.65. The van der Waals surface area contributed by atoms with Gasteiger partial charge in [0.25, 0.3) is 0 Å². The van der Waals surface area contributed by atoms with Crippen molar-refractivity contribution in [3.05, 3.63) is 0 Å². The van der Waals surface area contributed by atoms with Crippen molar-refractivity contribution in [2.75, 3.05) is 20.3 Å². The molecule has 0 aromatic heterocycles. The first kappa shape index (κ1) is 12.4. The molecule has 0 radical (unpaired) electrons. The lowest BCUT2D eigenvalue weighted by molar-refractivity contribution is -0.124. The number of likely N-dealkylation sites (N-methyl/N-ethyl adjacent to an activating group) is 1. The summed E-state index contributed by atoms with van der Waals surface area (Å²) in [6.45, 7) is 5.15. The predicted molar refractivity (Wildman–Crippen MR) is 52.4 cm³/mol. The first-order valence-corrected chi connectivity index (χ1v) is 4.63. The topological polar surface area (TPSA) is 64.3 Å². The molecule has 0 aromatic rings. The van der Waals surface area contributed by atoms with Gasteiger partial charge in [-0.3, -0.25) is 4.79 Å². The molecule has 4 nitrogen and oxygen atoms in total. The minimum Gasteiger partial charge on any atom is -0.382 e. The maximum Gasteiger partial charge on any atom is 0.237 e. The maximum absolute atomic E-state index is 11.0. The molecular formula is C9H20N2O2. The highest BCUT2D eigenvalue weighted by Gasteiger charge is 2.27. The monoisotopic (exact) mass is 188 g/mol. The number of primary amides is 1. The van der Waals surface area contributed by atoms with Crippen molar-refractivity contribution in [2.45, 2.75) is 32.2 Å². The summed E-state index contributed by atoms with van der Waals surface area (Å²) >= 11 is 0. The molecular weight excluding hydrogens is 168 g/mol. The Bertz CT molecular complexity index is 162. The number of nitrogens with two attached hydrogens (primary N) is 1. The smallest absolute Gasteiger partial charge is 0.237 e. The molecule has 0 spiro atoms. The van der Waals surface area contributed by atoms with Crippen LogP contribution in [0.2, 0.25) is 0 Å². The SMILES string of the molecule is CCOCCCC(C)(NC)C(N)=O. The fraction of sp³-hybridized carbons (Fsp3) is 0.889. The number of hydrogen-bond acceptors (Lipinski definition) is 3. The zero-order valence-electron chi connectivity index (χ0n) is 8.72. The average Bonchev–Trinajstić information content (AvgIpc) is 2.12. The van der Waals surface area contributed by atoms with Crippen molar-refractivity contribution in [2.24, 2.45) is 5.73 Å². The van der Waals surface area contributed by atoms with Gasteiger partial charge in [-0.15, -0.1) is 0 Å². The number of hydrogen-bond donors (Lipinski definition) is 2. The predicted octanol–water partition coefficient (Wildman–Crippen LogP) is 0.267. The number of amides is 1. The Morgan fingerprint density at radius 1 is 1.62 bits per heavy atom. The van der Waals surface area contributed by atoms with Crippen LogP contribution in [0.3, 0.4) is 0 Å². The second-order valence-corrected chi connectivity index (χ2v) is 3.25. The van der Waals surface area contributed by atoms with Crippen molar-refractivity contribution in [1.82, 2.24) is 5.32 Å². The zero-order valence-corrected chi connectivity index (χ0v) is 8.72. The first-order chi connectivity index (χ1) is 6.06. The lowest BCUT2D eigenvalue weighted by Crippen LogP contribution is -2.51. The van der Waals surface area contributed by atoms with Gasteiger partial charge in [0.15, 0.2) is 0 Å². The lowest BCUT2D eigenvalue weighted by atomic mass is 9.95. The van der Waals surface area contributed by atoms with E-state index < -0.39 is 5.54 Å². The average molecular weight is 188 g/mol. The van der Waals surface area contributed by atoms with E-state index in [1.54, 1.807) is 14.0 Å². The second-order valence-electron chi connectivity index (χ2n) is 3.25. The van der Waals surface area contributed by atoms with Gasteiger partial charge in [-0.2, -0.15) is 0 Å². The van der Waals surface area contributed by atoms with Crippen LogP contribution in [-0.4, -0.2) is 31.7 Å². The van der Waals surface area contributed by atoms with Gasteiger partial charge in [-0.25, -0.2) is 0 Å². The minimum absolute atomic E-state index is 0.313. The van der Waals surface area contributed by atoms with Crippen LogP contribution in [0.25, 0.3) is 0 Å². The molecule has 0 aromatic carbocycles. The van der Waals surface area contributed by atoms with E-state index in [-0.39, 0.29) is 5.91 Å². The Kier molecular flexibility index (Phi) is 5.66. The highest BCUT2D eigenvalue weighted by molar-refractivity contribution is 5.84. The van der Waals surface area contributed by atoms with E-state index in [4.69, 9.17) is 10.5 Å². The number of carbonyl (C=O) groups excluding carboxylic acids is 1. The molecule has 0 rings (SSSR count). The molecule has 0 heterocycles. The van der Waals surface area contributed by atoms with E-state index in [2.05, 4.69) is 5.32 Å². The summed E-state index contributed by atoms with van der Waals surface area (Å²) in [6.07, 6.45) is 1.55. The molecule has 13 heavy (non-hydrogen) atoms. The summed E-state index contributed by atoms with van der Waals surface area (Å²) in [4.78, 5) is 11.0. The quantitative estimate of drug-likeness (QED) is 0.563. The largest absolute Gasteiger partial charge is 0.382 e. The molecule has 1 atom stereocenters. The third-order valence-corrected chi connectivity index (χ3v) is 2.27. The Morgan fingerprint density at radius 3 is 2.62 bits per heavy atom. The van der Waals surface area contributed by atoms with Gasteiger partial charge in [-0.1, -0.05) is 0 Å². The minimum atomic E-state index is -0.600. The van der Waals surface area contributed by atoms with Crippen LogP contribution >= 0.6 is 0 Å². The standard InChI is InChI=1S/C9H20N2O2/c1-4-13-7-5-6-9(2,11-3)8(10)12/h11H,4-7H2,1-3H3,(H2,10,12). The Morgan fingerprint density at radius 2 is 2.23 bits per heavy atom. The van der Waals surface area contributed by atoms with Crippen molar-refractivity contribution in [1.29, 1.82) is 0 Å². The second kappa shape index (κ2) is 5.94. The fourth-order valence-electron chi connectivity index (χ4n) is 1.04. The number of ether oxygens (including phenoxy) is 1. The number of nitrogens with one attached hydrogen (secondary N) is 1. The van der Waals surface area contributed by atoms with Crippen molar-refractivity contribution in [3.63, 3.8) is 0 Å². The van der Waals surface area contributed by atoms with Crippen LogP contribution < -0.4 is 11.1 Å². The van der Waals surface area contributed by atoms with Gasteiger partial charge >= 0.3 is 0 Å². The first-order valence-electron chi connectivity index (χ1n) is 4.63. The van der Waals surface area contributed by atoms with E-state index in [0.717, 1.165) is 6.42 Å². The zero-order chi connectivity index (χ0) is 10.3. The van der Waals surface area contributed by atoms with Crippen LogP contribution in [0.5, 0.6) is 0 Å². The molecule has 78 valence electrons. The maximum atomic E-state index is 11.0. The van der Waals surface area contributed by atoms with E-state index in [1.165, 1.54) is 0 Å². The summed E-state index contributed by atoms with van der Waals surface area (Å²) in [5.74, 6) is -0.313. The molecule has 3 N–H and O–H groups in total. The normalized spacial score (nSPS) is 15.3. The Labute approximate surface area is 79.8 Å². The highest BCUT2D eigenvalue weighted by atomic mass is 16.5. The molecule has 0 bridgehead atoms. The van der Waals surface area contributed by atoms with E-state index in [1.807, 2.05) is 6.92 Å². The van der Waals surface area contributed by atoms with Crippen LogP contribution in [0, 0.1) is 0 Å². The van der Waals surface area contributed by atoms with Crippen molar-refractivity contribution < 1.29 is 9.53 Å². The van der Waals surface area contributed by atoms with Crippen LogP contribution in [0.4, 0.5) is 0 Å². The highest BCUT2D eigenvalue weighted by Crippen LogP contribution is 2.10. The van der Waals surface area contributed by atoms with Crippen molar-refractivity contribution >= 4 is 5.91 Å². The summed E-state index contributed by atoms with van der Waals surface area (Å²) < 4.78 is 5.17. The fourth-order valence-corrected chi connectivity index (χ4v) is 1.04.